The number of aromatic hydroxyl groups is 1. The minimum atomic E-state index is -0.297. The van der Waals surface area contributed by atoms with E-state index in [2.05, 4.69) is 13.8 Å². The van der Waals surface area contributed by atoms with E-state index in [9.17, 15) is 5.11 Å². The summed E-state index contributed by atoms with van der Waals surface area (Å²) in [6.45, 7) is 7.16. The van der Waals surface area contributed by atoms with Crippen molar-refractivity contribution in [1.29, 1.82) is 0 Å². The lowest BCUT2D eigenvalue weighted by molar-refractivity contribution is -0.173. The highest BCUT2D eigenvalue weighted by Crippen LogP contribution is 2.36. The number of phenols is 1. The van der Waals surface area contributed by atoms with Gasteiger partial charge in [-0.15, -0.1) is 0 Å². The third-order valence-corrected chi connectivity index (χ3v) is 4.33. The van der Waals surface area contributed by atoms with Crippen LogP contribution in [0.1, 0.15) is 52.4 Å². The first-order chi connectivity index (χ1) is 13.1. The van der Waals surface area contributed by atoms with E-state index in [4.69, 9.17) is 42.1 Å². The zero-order chi connectivity index (χ0) is 19.9. The van der Waals surface area contributed by atoms with Crippen LogP contribution in [-0.2, 0) is 14.2 Å². The lowest BCUT2D eigenvalue weighted by Crippen LogP contribution is -2.25. The molecule has 0 aliphatic heterocycles. The van der Waals surface area contributed by atoms with E-state index in [0.29, 0.717) is 48.8 Å². The second-order valence-corrected chi connectivity index (χ2v) is 7.06. The largest absolute Gasteiger partial charge is 0.508 e. The van der Waals surface area contributed by atoms with Gasteiger partial charge in [-0.3, -0.25) is 0 Å². The highest BCUT2D eigenvalue weighted by molar-refractivity contribution is 6.37. The quantitative estimate of drug-likeness (QED) is 0.268. The number of unbranched alkanes of at least 4 members (excludes halogenated alkanes) is 3. The molecule has 1 N–H and O–H groups in total. The van der Waals surface area contributed by atoms with Crippen LogP contribution in [0.15, 0.2) is 12.1 Å². The molecule has 1 aromatic rings. The minimum absolute atomic E-state index is 0.0163. The smallest absolute Gasteiger partial charge is 0.180 e. The molecule has 1 aromatic carbocycles. The Morgan fingerprint density at radius 2 is 1.41 bits per heavy atom. The van der Waals surface area contributed by atoms with Crippen molar-refractivity contribution in [2.45, 2.75) is 58.7 Å². The van der Waals surface area contributed by atoms with E-state index in [0.717, 1.165) is 38.5 Å². The second-order valence-electron chi connectivity index (χ2n) is 6.25. The Morgan fingerprint density at radius 3 is 1.96 bits per heavy atom. The van der Waals surface area contributed by atoms with Gasteiger partial charge in [0.25, 0.3) is 0 Å². The topological polar surface area (TPSA) is 57.2 Å². The molecule has 1 rings (SSSR count). The number of hydrogen-bond donors (Lipinski definition) is 1. The van der Waals surface area contributed by atoms with Gasteiger partial charge in [-0.1, -0.05) is 49.9 Å². The molecule has 0 bridgehead atoms. The molecule has 27 heavy (non-hydrogen) atoms. The fourth-order valence-corrected chi connectivity index (χ4v) is 2.79. The summed E-state index contributed by atoms with van der Waals surface area (Å²) < 4.78 is 22.7. The van der Waals surface area contributed by atoms with Crippen LogP contribution in [0.25, 0.3) is 0 Å². The molecule has 0 amide bonds. The molecule has 7 heteroatoms. The summed E-state index contributed by atoms with van der Waals surface area (Å²) in [6.07, 6.45) is 5.57. The van der Waals surface area contributed by atoms with E-state index in [1.54, 1.807) is 0 Å². The first-order valence-corrected chi connectivity index (χ1v) is 10.5. The van der Waals surface area contributed by atoms with Crippen molar-refractivity contribution in [3.8, 4) is 11.5 Å². The SMILES string of the molecule is CCCCOC(COCCCCOc1c(Cl)cc(O)cc1Cl)OCCCC. The van der Waals surface area contributed by atoms with Crippen LogP contribution in [0.4, 0.5) is 0 Å². The lowest BCUT2D eigenvalue weighted by Gasteiger charge is -2.18. The Kier molecular flexibility index (Phi) is 13.7. The highest BCUT2D eigenvalue weighted by atomic mass is 35.5. The molecule has 0 fully saturated rings. The van der Waals surface area contributed by atoms with Gasteiger partial charge in [-0.2, -0.15) is 0 Å². The Labute approximate surface area is 172 Å². The fourth-order valence-electron chi connectivity index (χ4n) is 2.21. The van der Waals surface area contributed by atoms with Gasteiger partial charge in [0, 0.05) is 32.0 Å². The van der Waals surface area contributed by atoms with Crippen molar-refractivity contribution in [1.82, 2.24) is 0 Å². The molecule has 0 spiro atoms. The Hall–Kier alpha value is -0.720. The summed E-state index contributed by atoms with van der Waals surface area (Å²) >= 11 is 12.0. The lowest BCUT2D eigenvalue weighted by atomic mass is 10.3. The number of hydrogen-bond acceptors (Lipinski definition) is 5. The van der Waals surface area contributed by atoms with Crippen LogP contribution in [-0.4, -0.2) is 44.4 Å². The summed E-state index contributed by atoms with van der Waals surface area (Å²) in [5.41, 5.74) is 0. The van der Waals surface area contributed by atoms with E-state index < -0.39 is 0 Å². The van der Waals surface area contributed by atoms with Crippen molar-refractivity contribution >= 4 is 23.2 Å². The van der Waals surface area contributed by atoms with Crippen LogP contribution >= 0.6 is 23.2 Å². The zero-order valence-electron chi connectivity index (χ0n) is 16.3. The predicted molar refractivity (Wildman–Crippen MR) is 109 cm³/mol. The Morgan fingerprint density at radius 1 is 0.852 bits per heavy atom. The molecular weight excluding hydrogens is 391 g/mol. The van der Waals surface area contributed by atoms with Crippen LogP contribution in [0.5, 0.6) is 11.5 Å². The number of benzene rings is 1. The molecule has 0 saturated heterocycles. The first kappa shape index (κ1) is 24.3. The predicted octanol–water partition coefficient (Wildman–Crippen LogP) is 5.83. The Balaban J connectivity index is 2.18. The standard InChI is InChI=1S/C20H32Cl2O5/c1-3-5-10-25-19(26-11-6-4-2)15-24-9-7-8-12-27-20-17(21)13-16(23)14-18(20)22/h13-14,19,23H,3-12,15H2,1-2H3. The second kappa shape index (κ2) is 15.2. The van der Waals surface area contributed by atoms with Gasteiger partial charge in [0.1, 0.15) is 5.75 Å². The maximum absolute atomic E-state index is 9.41. The number of phenolic OH excluding ortho intramolecular Hbond substituents is 1. The van der Waals surface area contributed by atoms with Crippen molar-refractivity contribution in [2.75, 3.05) is 33.0 Å². The van der Waals surface area contributed by atoms with Gasteiger partial charge in [0.2, 0.25) is 0 Å². The van der Waals surface area contributed by atoms with Crippen molar-refractivity contribution in [3.05, 3.63) is 22.2 Å². The summed E-state index contributed by atoms with van der Waals surface area (Å²) in [6, 6.07) is 2.81. The molecule has 0 saturated carbocycles. The third kappa shape index (κ3) is 11.0. The molecule has 0 aliphatic rings. The zero-order valence-corrected chi connectivity index (χ0v) is 17.9. The molecule has 0 atom stereocenters. The average Bonchev–Trinajstić information content (AvgIpc) is 2.62. The fraction of sp³-hybridized carbons (Fsp3) is 0.700. The first-order valence-electron chi connectivity index (χ1n) is 9.70. The summed E-state index contributed by atoms with van der Waals surface area (Å²) in [5.74, 6) is 0.411. The molecule has 0 radical (unpaired) electrons. The van der Waals surface area contributed by atoms with Gasteiger partial charge in [-0.25, -0.2) is 0 Å². The average molecular weight is 423 g/mol. The Bertz CT molecular complexity index is 480. The van der Waals surface area contributed by atoms with Crippen LogP contribution < -0.4 is 4.74 Å². The van der Waals surface area contributed by atoms with Crippen molar-refractivity contribution in [3.63, 3.8) is 0 Å². The van der Waals surface area contributed by atoms with Gasteiger partial charge in [0.05, 0.1) is 23.3 Å². The molecule has 0 unspecified atom stereocenters. The van der Waals surface area contributed by atoms with Crippen LogP contribution in [0.2, 0.25) is 10.0 Å². The van der Waals surface area contributed by atoms with Gasteiger partial charge in [0.15, 0.2) is 12.0 Å². The van der Waals surface area contributed by atoms with Gasteiger partial charge >= 0.3 is 0 Å². The highest BCUT2D eigenvalue weighted by Gasteiger charge is 2.11. The van der Waals surface area contributed by atoms with E-state index >= 15 is 0 Å². The van der Waals surface area contributed by atoms with Gasteiger partial charge < -0.3 is 24.1 Å². The van der Waals surface area contributed by atoms with Crippen LogP contribution in [0, 0.1) is 0 Å². The van der Waals surface area contributed by atoms with Crippen molar-refractivity contribution < 1.29 is 24.1 Å². The molecule has 5 nitrogen and oxygen atoms in total. The van der Waals surface area contributed by atoms with E-state index in [-0.39, 0.29) is 12.0 Å². The molecule has 0 aromatic heterocycles. The van der Waals surface area contributed by atoms with E-state index in [1.165, 1.54) is 12.1 Å². The number of ether oxygens (including phenoxy) is 4. The monoisotopic (exact) mass is 422 g/mol. The molecule has 0 heterocycles. The number of halogens is 2. The molecular formula is C20H32Cl2O5. The van der Waals surface area contributed by atoms with E-state index in [1.807, 2.05) is 0 Å². The number of rotatable bonds is 16. The normalized spacial score (nSPS) is 11.3. The molecule has 0 aliphatic carbocycles. The summed E-state index contributed by atoms with van der Waals surface area (Å²) in [5, 5.41) is 10.0. The third-order valence-electron chi connectivity index (χ3n) is 3.77. The maximum Gasteiger partial charge on any atom is 0.180 e. The van der Waals surface area contributed by atoms with Gasteiger partial charge in [-0.05, 0) is 25.7 Å². The molecule has 156 valence electrons. The maximum atomic E-state index is 9.41. The minimum Gasteiger partial charge on any atom is -0.508 e. The van der Waals surface area contributed by atoms with Crippen molar-refractivity contribution in [2.24, 2.45) is 0 Å². The summed E-state index contributed by atoms with van der Waals surface area (Å²) in [4.78, 5) is 0. The van der Waals surface area contributed by atoms with Crippen LogP contribution in [0.3, 0.4) is 0 Å². The summed E-state index contributed by atoms with van der Waals surface area (Å²) in [7, 11) is 0.